The van der Waals surface area contributed by atoms with Gasteiger partial charge in [0, 0.05) is 0 Å². The van der Waals surface area contributed by atoms with E-state index in [-0.39, 0.29) is 24.5 Å². The SMILES string of the molecule is OCCOc1ccc(CO)cc1C(F)(F)F. The van der Waals surface area contributed by atoms with Gasteiger partial charge >= 0.3 is 6.18 Å². The zero-order chi connectivity index (χ0) is 12.2. The quantitative estimate of drug-likeness (QED) is 0.834. The fraction of sp³-hybridized carbons (Fsp3) is 0.400. The van der Waals surface area contributed by atoms with Gasteiger partial charge in [0.25, 0.3) is 0 Å². The summed E-state index contributed by atoms with van der Waals surface area (Å²) in [5.74, 6) is -0.348. The van der Waals surface area contributed by atoms with Crippen LogP contribution in [0.25, 0.3) is 0 Å². The Morgan fingerprint density at radius 2 is 1.88 bits per heavy atom. The molecule has 6 heteroatoms. The highest BCUT2D eigenvalue weighted by Crippen LogP contribution is 2.36. The number of alkyl halides is 3. The van der Waals surface area contributed by atoms with Crippen LogP contribution in [0.15, 0.2) is 18.2 Å². The first-order valence-electron chi connectivity index (χ1n) is 4.53. The van der Waals surface area contributed by atoms with E-state index in [1.54, 1.807) is 0 Å². The number of halogens is 3. The van der Waals surface area contributed by atoms with Gasteiger partial charge in [-0.1, -0.05) is 6.07 Å². The monoisotopic (exact) mass is 236 g/mol. The number of aliphatic hydroxyl groups excluding tert-OH is 2. The van der Waals surface area contributed by atoms with E-state index in [1.807, 2.05) is 0 Å². The summed E-state index contributed by atoms with van der Waals surface area (Å²) >= 11 is 0. The molecule has 0 saturated heterocycles. The van der Waals surface area contributed by atoms with Gasteiger partial charge in [0.05, 0.1) is 18.8 Å². The summed E-state index contributed by atoms with van der Waals surface area (Å²) in [6.45, 7) is -1.04. The number of rotatable bonds is 4. The molecule has 0 atom stereocenters. The van der Waals surface area contributed by atoms with E-state index in [4.69, 9.17) is 14.9 Å². The summed E-state index contributed by atoms with van der Waals surface area (Å²) in [4.78, 5) is 0. The van der Waals surface area contributed by atoms with Crippen molar-refractivity contribution < 1.29 is 28.1 Å². The molecule has 3 nitrogen and oxygen atoms in total. The summed E-state index contributed by atoms with van der Waals surface area (Å²) in [7, 11) is 0. The molecule has 1 aromatic rings. The third-order valence-corrected chi connectivity index (χ3v) is 1.88. The fourth-order valence-corrected chi connectivity index (χ4v) is 1.18. The van der Waals surface area contributed by atoms with Crippen molar-refractivity contribution in [3.05, 3.63) is 29.3 Å². The second kappa shape index (κ2) is 5.18. The van der Waals surface area contributed by atoms with Crippen LogP contribution < -0.4 is 4.74 Å². The van der Waals surface area contributed by atoms with Gasteiger partial charge in [0.2, 0.25) is 0 Å². The topological polar surface area (TPSA) is 49.7 Å². The molecule has 1 aromatic carbocycles. The largest absolute Gasteiger partial charge is 0.491 e. The second-order valence-corrected chi connectivity index (χ2v) is 3.06. The first-order chi connectivity index (χ1) is 7.49. The molecule has 0 aliphatic rings. The van der Waals surface area contributed by atoms with Gasteiger partial charge in [-0.2, -0.15) is 13.2 Å². The molecule has 0 saturated carbocycles. The van der Waals surface area contributed by atoms with Gasteiger partial charge in [0.15, 0.2) is 0 Å². The molecule has 0 bridgehead atoms. The Hall–Kier alpha value is -1.27. The van der Waals surface area contributed by atoms with Crippen LogP contribution >= 0.6 is 0 Å². The highest BCUT2D eigenvalue weighted by Gasteiger charge is 2.34. The normalized spacial score (nSPS) is 11.6. The van der Waals surface area contributed by atoms with Crippen LogP contribution in [0.5, 0.6) is 5.75 Å². The molecule has 0 aliphatic carbocycles. The highest BCUT2D eigenvalue weighted by molar-refractivity contribution is 5.39. The average Bonchev–Trinajstić information content (AvgIpc) is 2.25. The molecule has 16 heavy (non-hydrogen) atoms. The van der Waals surface area contributed by atoms with Crippen LogP contribution in [-0.2, 0) is 12.8 Å². The third-order valence-electron chi connectivity index (χ3n) is 1.88. The molecular weight excluding hydrogens is 225 g/mol. The van der Waals surface area contributed by atoms with Crippen molar-refractivity contribution in [3.63, 3.8) is 0 Å². The lowest BCUT2D eigenvalue weighted by Crippen LogP contribution is -2.11. The Labute approximate surface area is 90.1 Å². The number of ether oxygens (including phenoxy) is 1. The van der Waals surface area contributed by atoms with Crippen LogP contribution in [0.2, 0.25) is 0 Å². The lowest BCUT2D eigenvalue weighted by Gasteiger charge is -2.14. The lowest BCUT2D eigenvalue weighted by atomic mass is 10.1. The molecule has 0 unspecified atom stereocenters. The lowest BCUT2D eigenvalue weighted by molar-refractivity contribution is -0.139. The van der Waals surface area contributed by atoms with E-state index in [0.29, 0.717) is 0 Å². The van der Waals surface area contributed by atoms with Crippen molar-refractivity contribution >= 4 is 0 Å². The van der Waals surface area contributed by atoms with E-state index in [1.165, 1.54) is 6.07 Å². The van der Waals surface area contributed by atoms with Gasteiger partial charge in [-0.05, 0) is 17.7 Å². The van der Waals surface area contributed by atoms with Crippen molar-refractivity contribution in [2.75, 3.05) is 13.2 Å². The molecule has 1 rings (SSSR count). The van der Waals surface area contributed by atoms with E-state index < -0.39 is 18.3 Å². The maximum absolute atomic E-state index is 12.6. The van der Waals surface area contributed by atoms with Crippen LogP contribution in [0.4, 0.5) is 13.2 Å². The van der Waals surface area contributed by atoms with Gasteiger partial charge in [0.1, 0.15) is 12.4 Å². The minimum absolute atomic E-state index is 0.156. The third kappa shape index (κ3) is 3.11. The van der Waals surface area contributed by atoms with Gasteiger partial charge in [-0.15, -0.1) is 0 Å². The van der Waals surface area contributed by atoms with E-state index in [0.717, 1.165) is 12.1 Å². The highest BCUT2D eigenvalue weighted by atomic mass is 19.4. The minimum atomic E-state index is -4.55. The number of benzene rings is 1. The van der Waals surface area contributed by atoms with Crippen molar-refractivity contribution in [3.8, 4) is 5.75 Å². The Kier molecular flexibility index (Phi) is 4.14. The number of hydrogen-bond acceptors (Lipinski definition) is 3. The standard InChI is InChI=1S/C10H11F3O3/c11-10(12,13)8-5-7(6-15)1-2-9(8)16-4-3-14/h1-2,5,14-15H,3-4,6H2. The molecule has 0 fully saturated rings. The first kappa shape index (κ1) is 12.8. The number of hydrogen-bond donors (Lipinski definition) is 2. The maximum atomic E-state index is 12.6. The summed E-state index contributed by atoms with van der Waals surface area (Å²) in [5.41, 5.74) is -0.795. The Balaban J connectivity index is 3.06. The van der Waals surface area contributed by atoms with Crippen molar-refractivity contribution in [1.82, 2.24) is 0 Å². The van der Waals surface area contributed by atoms with Gasteiger partial charge < -0.3 is 14.9 Å². The van der Waals surface area contributed by atoms with Crippen LogP contribution in [0, 0.1) is 0 Å². The van der Waals surface area contributed by atoms with Crippen molar-refractivity contribution in [2.24, 2.45) is 0 Å². The van der Waals surface area contributed by atoms with Crippen LogP contribution in [0.1, 0.15) is 11.1 Å². The summed E-state index contributed by atoms with van der Waals surface area (Å²) in [6, 6.07) is 3.29. The van der Waals surface area contributed by atoms with Crippen LogP contribution in [-0.4, -0.2) is 23.4 Å². The smallest absolute Gasteiger partial charge is 0.419 e. The molecule has 0 aromatic heterocycles. The molecule has 90 valence electrons. The Bertz CT molecular complexity index is 350. The summed E-state index contributed by atoms with van der Waals surface area (Å²) in [6.07, 6.45) is -4.55. The summed E-state index contributed by atoms with van der Waals surface area (Å²) in [5, 5.41) is 17.2. The molecule has 0 spiro atoms. The Morgan fingerprint density at radius 1 is 1.19 bits per heavy atom. The van der Waals surface area contributed by atoms with E-state index >= 15 is 0 Å². The van der Waals surface area contributed by atoms with Crippen LogP contribution in [0.3, 0.4) is 0 Å². The molecule has 0 aliphatic heterocycles. The maximum Gasteiger partial charge on any atom is 0.419 e. The zero-order valence-electron chi connectivity index (χ0n) is 8.29. The van der Waals surface area contributed by atoms with Gasteiger partial charge in [-0.3, -0.25) is 0 Å². The molecule has 2 N–H and O–H groups in total. The average molecular weight is 236 g/mol. The summed E-state index contributed by atoms with van der Waals surface area (Å²) < 4.78 is 42.5. The first-order valence-corrected chi connectivity index (χ1v) is 4.53. The Morgan fingerprint density at radius 3 is 2.38 bits per heavy atom. The number of aliphatic hydroxyl groups is 2. The molecule has 0 heterocycles. The van der Waals surface area contributed by atoms with E-state index in [2.05, 4.69) is 0 Å². The van der Waals surface area contributed by atoms with Gasteiger partial charge in [-0.25, -0.2) is 0 Å². The molecule has 0 radical (unpaired) electrons. The molecular formula is C10H11F3O3. The predicted octanol–water partition coefficient (Wildman–Crippen LogP) is 1.57. The van der Waals surface area contributed by atoms with E-state index in [9.17, 15) is 13.2 Å². The second-order valence-electron chi connectivity index (χ2n) is 3.06. The molecule has 0 amide bonds. The van der Waals surface area contributed by atoms with Crippen molar-refractivity contribution in [1.29, 1.82) is 0 Å². The zero-order valence-corrected chi connectivity index (χ0v) is 8.29. The predicted molar refractivity (Wildman–Crippen MR) is 49.9 cm³/mol. The minimum Gasteiger partial charge on any atom is -0.491 e. The van der Waals surface area contributed by atoms with Crippen molar-refractivity contribution in [2.45, 2.75) is 12.8 Å². The fourth-order valence-electron chi connectivity index (χ4n) is 1.18.